The quantitative estimate of drug-likeness (QED) is 0.768. The molecule has 5 nitrogen and oxygen atoms in total. The predicted molar refractivity (Wildman–Crippen MR) is 83.9 cm³/mol. The number of benzene rings is 1. The van der Waals surface area contributed by atoms with Crippen molar-refractivity contribution in [1.82, 2.24) is 5.32 Å². The highest BCUT2D eigenvalue weighted by Crippen LogP contribution is 2.28. The number of amides is 1. The van der Waals surface area contributed by atoms with Crippen molar-refractivity contribution in [3.8, 4) is 0 Å². The molecule has 0 saturated heterocycles. The second-order valence-corrected chi connectivity index (χ2v) is 6.58. The Labute approximate surface area is 122 Å². The van der Waals surface area contributed by atoms with Gasteiger partial charge in [0.25, 0.3) is 5.91 Å². The van der Waals surface area contributed by atoms with E-state index in [1.54, 1.807) is 6.26 Å². The van der Waals surface area contributed by atoms with Crippen molar-refractivity contribution in [1.29, 1.82) is 0 Å². The van der Waals surface area contributed by atoms with E-state index in [1.165, 1.54) is 0 Å². The fraction of sp³-hybridized carbons (Fsp3) is 0.500. The fourth-order valence-electron chi connectivity index (χ4n) is 2.18. The van der Waals surface area contributed by atoms with Crippen molar-refractivity contribution < 1.29 is 9.00 Å². The molecule has 0 bridgehead atoms. The lowest BCUT2D eigenvalue weighted by Gasteiger charge is -2.23. The largest absolute Gasteiger partial charge is 0.382 e. The molecule has 2 unspecified atom stereocenters. The summed E-state index contributed by atoms with van der Waals surface area (Å²) < 4.78 is 11.1. The monoisotopic (exact) mass is 295 g/mol. The summed E-state index contributed by atoms with van der Waals surface area (Å²) in [5, 5.41) is 9.49. The van der Waals surface area contributed by atoms with Crippen molar-refractivity contribution >= 4 is 28.1 Å². The number of anilines is 2. The smallest absolute Gasteiger partial charge is 0.253 e. The summed E-state index contributed by atoms with van der Waals surface area (Å²) >= 11 is 0. The predicted octanol–water partition coefficient (Wildman–Crippen LogP) is 1.41. The molecule has 1 aliphatic rings. The van der Waals surface area contributed by atoms with Gasteiger partial charge in [-0.3, -0.25) is 9.00 Å². The first kappa shape index (κ1) is 14.8. The highest BCUT2D eigenvalue weighted by molar-refractivity contribution is 7.84. The van der Waals surface area contributed by atoms with Crippen LogP contribution in [0.1, 0.15) is 23.7 Å². The van der Waals surface area contributed by atoms with E-state index in [-0.39, 0.29) is 11.9 Å². The van der Waals surface area contributed by atoms with Gasteiger partial charge in [0.05, 0.1) is 16.9 Å². The highest BCUT2D eigenvalue weighted by atomic mass is 32.2. The first-order valence-electron chi connectivity index (χ1n) is 6.79. The average Bonchev–Trinajstić information content (AvgIpc) is 2.44. The van der Waals surface area contributed by atoms with Gasteiger partial charge in [-0.2, -0.15) is 0 Å². The molecule has 0 radical (unpaired) electrons. The summed E-state index contributed by atoms with van der Waals surface area (Å²) in [6.07, 6.45) is 2.40. The Morgan fingerprint density at radius 3 is 2.90 bits per heavy atom. The van der Waals surface area contributed by atoms with E-state index in [9.17, 15) is 9.00 Å². The summed E-state index contributed by atoms with van der Waals surface area (Å²) in [7, 11) is -0.821. The third-order valence-electron chi connectivity index (χ3n) is 3.27. The van der Waals surface area contributed by atoms with Gasteiger partial charge in [-0.25, -0.2) is 0 Å². The fourth-order valence-corrected chi connectivity index (χ4v) is 2.87. The van der Waals surface area contributed by atoms with E-state index in [4.69, 9.17) is 0 Å². The van der Waals surface area contributed by atoms with Gasteiger partial charge in [-0.15, -0.1) is 0 Å². The normalized spacial score (nSPS) is 16.3. The molecule has 20 heavy (non-hydrogen) atoms. The van der Waals surface area contributed by atoms with Crippen molar-refractivity contribution in [2.45, 2.75) is 19.4 Å². The molecule has 6 heteroatoms. The molecule has 0 saturated carbocycles. The van der Waals surface area contributed by atoms with Crippen molar-refractivity contribution in [2.75, 3.05) is 35.7 Å². The first-order valence-corrected chi connectivity index (χ1v) is 8.52. The lowest BCUT2D eigenvalue weighted by molar-refractivity contribution is 0.0940. The minimum Gasteiger partial charge on any atom is -0.382 e. The van der Waals surface area contributed by atoms with Crippen LogP contribution in [0.4, 0.5) is 11.4 Å². The van der Waals surface area contributed by atoms with Crippen molar-refractivity contribution in [3.05, 3.63) is 23.8 Å². The highest BCUT2D eigenvalue weighted by Gasteiger charge is 2.18. The molecule has 0 spiro atoms. The Morgan fingerprint density at radius 1 is 1.40 bits per heavy atom. The molecule has 110 valence electrons. The van der Waals surface area contributed by atoms with Crippen molar-refractivity contribution in [3.63, 3.8) is 0 Å². The van der Waals surface area contributed by atoms with E-state index in [2.05, 4.69) is 16.0 Å². The third kappa shape index (κ3) is 3.72. The van der Waals surface area contributed by atoms with Gasteiger partial charge in [-0.05, 0) is 25.5 Å². The number of carbonyl (C=O) groups excluding carboxylic acids is 1. The Kier molecular flexibility index (Phi) is 5.00. The maximum absolute atomic E-state index is 12.3. The molecule has 0 aliphatic carbocycles. The number of hydrogen-bond donors (Lipinski definition) is 3. The molecule has 1 amide bonds. The minimum atomic E-state index is -0.821. The zero-order valence-electron chi connectivity index (χ0n) is 11.9. The van der Waals surface area contributed by atoms with Gasteiger partial charge in [-0.1, -0.05) is 6.07 Å². The molecule has 0 fully saturated rings. The van der Waals surface area contributed by atoms with Crippen LogP contribution < -0.4 is 16.0 Å². The first-order chi connectivity index (χ1) is 9.58. The Morgan fingerprint density at radius 2 is 2.15 bits per heavy atom. The summed E-state index contributed by atoms with van der Waals surface area (Å²) in [6, 6.07) is 5.67. The minimum absolute atomic E-state index is 0.0128. The lowest BCUT2D eigenvalue weighted by atomic mass is 10.1. The molecule has 1 heterocycles. The zero-order valence-corrected chi connectivity index (χ0v) is 12.7. The van der Waals surface area contributed by atoms with Gasteiger partial charge in [0.1, 0.15) is 0 Å². The molecule has 1 aliphatic heterocycles. The second-order valence-electron chi connectivity index (χ2n) is 5.02. The Balaban J connectivity index is 2.04. The third-order valence-corrected chi connectivity index (χ3v) is 4.08. The van der Waals surface area contributed by atoms with Gasteiger partial charge >= 0.3 is 0 Å². The molecule has 2 atom stereocenters. The number of fused-ring (bicyclic) bond motifs is 1. The maximum Gasteiger partial charge on any atom is 0.253 e. The molecule has 3 N–H and O–H groups in total. The lowest BCUT2D eigenvalue weighted by Crippen LogP contribution is -2.34. The van der Waals surface area contributed by atoms with Crippen LogP contribution in [0, 0.1) is 0 Å². The topological polar surface area (TPSA) is 70.2 Å². The van der Waals surface area contributed by atoms with E-state index < -0.39 is 10.8 Å². The molecule has 1 aromatic carbocycles. The summed E-state index contributed by atoms with van der Waals surface area (Å²) in [4.78, 5) is 12.3. The van der Waals surface area contributed by atoms with Gasteiger partial charge in [0, 0.05) is 41.9 Å². The van der Waals surface area contributed by atoms with E-state index in [0.717, 1.165) is 30.9 Å². The zero-order chi connectivity index (χ0) is 14.5. The number of carbonyl (C=O) groups is 1. The molecule has 2 rings (SSSR count). The van der Waals surface area contributed by atoms with Crippen LogP contribution in [0.5, 0.6) is 0 Å². The molecular formula is C14H21N3O2S. The number of para-hydroxylation sites is 1. The number of rotatable bonds is 5. The molecule has 1 aromatic rings. The SMILES string of the molecule is CC(CCS(C)=O)NC(=O)c1cccc2c1NCCN2. The van der Waals surface area contributed by atoms with Gasteiger partial charge < -0.3 is 16.0 Å². The van der Waals surface area contributed by atoms with E-state index >= 15 is 0 Å². The summed E-state index contributed by atoms with van der Waals surface area (Å²) in [5.74, 6) is 0.515. The van der Waals surface area contributed by atoms with Crippen LogP contribution in [0.25, 0.3) is 0 Å². The van der Waals surface area contributed by atoms with Crippen LogP contribution in [0.15, 0.2) is 18.2 Å². The van der Waals surface area contributed by atoms with Crippen LogP contribution in [-0.4, -0.2) is 41.3 Å². The van der Waals surface area contributed by atoms with Crippen molar-refractivity contribution in [2.24, 2.45) is 0 Å². The van der Waals surface area contributed by atoms with Crippen LogP contribution >= 0.6 is 0 Å². The summed E-state index contributed by atoms with van der Waals surface area (Å²) in [6.45, 7) is 3.60. The number of nitrogens with one attached hydrogen (secondary N) is 3. The number of hydrogen-bond acceptors (Lipinski definition) is 4. The maximum atomic E-state index is 12.3. The summed E-state index contributed by atoms with van der Waals surface area (Å²) in [5.41, 5.74) is 2.48. The second kappa shape index (κ2) is 6.74. The van der Waals surface area contributed by atoms with Gasteiger partial charge in [0.15, 0.2) is 0 Å². The van der Waals surface area contributed by atoms with Crippen LogP contribution in [-0.2, 0) is 10.8 Å². The Bertz CT molecular complexity index is 519. The molecular weight excluding hydrogens is 274 g/mol. The standard InChI is InChI=1S/C14H21N3O2S/c1-10(6-9-20(2)19)17-14(18)11-4-3-5-12-13(11)16-8-7-15-12/h3-5,10,15-16H,6-9H2,1-2H3,(H,17,18). The van der Waals surface area contributed by atoms with Crippen LogP contribution in [0.2, 0.25) is 0 Å². The molecule has 0 aromatic heterocycles. The average molecular weight is 295 g/mol. The van der Waals surface area contributed by atoms with E-state index in [1.807, 2.05) is 25.1 Å². The van der Waals surface area contributed by atoms with Gasteiger partial charge in [0.2, 0.25) is 0 Å². The van der Waals surface area contributed by atoms with E-state index in [0.29, 0.717) is 11.3 Å². The Hall–Kier alpha value is -1.56. The van der Waals surface area contributed by atoms with Crippen LogP contribution in [0.3, 0.4) is 0 Å².